The number of methoxy groups -OCH3 is 1. The molecule has 32 heavy (non-hydrogen) atoms. The summed E-state index contributed by atoms with van der Waals surface area (Å²) in [5.74, 6) is -0.334. The van der Waals surface area contributed by atoms with Crippen LogP contribution in [0.2, 0.25) is 0 Å². The van der Waals surface area contributed by atoms with Crippen LogP contribution in [0, 0.1) is 0 Å². The van der Waals surface area contributed by atoms with Crippen molar-refractivity contribution in [3.63, 3.8) is 0 Å². The third-order valence-electron chi connectivity index (χ3n) is 4.97. The molecule has 0 aliphatic carbocycles. The van der Waals surface area contributed by atoms with Crippen molar-refractivity contribution in [3.05, 3.63) is 83.6 Å². The normalized spacial score (nSPS) is 16.2. The molecule has 1 aromatic heterocycles. The lowest BCUT2D eigenvalue weighted by molar-refractivity contribution is -0.131. The summed E-state index contributed by atoms with van der Waals surface area (Å²) < 4.78 is 10.9. The molecule has 1 aliphatic heterocycles. The summed E-state index contributed by atoms with van der Waals surface area (Å²) >= 11 is 1.39. The first-order chi connectivity index (χ1) is 15.5. The highest BCUT2D eigenvalue weighted by atomic mass is 32.2. The number of nitrogens with zero attached hydrogens (tertiary/aromatic N) is 1. The van der Waals surface area contributed by atoms with Gasteiger partial charge in [-0.25, -0.2) is 4.79 Å². The van der Waals surface area contributed by atoms with Crippen LogP contribution in [0.15, 0.2) is 86.7 Å². The maximum atomic E-state index is 13.0. The minimum Gasteiger partial charge on any atom is -0.497 e. The molecule has 0 spiro atoms. The fourth-order valence-electron chi connectivity index (χ4n) is 3.27. The van der Waals surface area contributed by atoms with Crippen molar-refractivity contribution >= 4 is 35.7 Å². The summed E-state index contributed by atoms with van der Waals surface area (Å²) in [5, 5.41) is 2.83. The number of nitrogens with one attached hydrogen (secondary N) is 1. The van der Waals surface area contributed by atoms with Crippen LogP contribution in [0.5, 0.6) is 5.75 Å². The maximum absolute atomic E-state index is 13.0. The molecular weight excluding hydrogens is 428 g/mol. The van der Waals surface area contributed by atoms with Crippen molar-refractivity contribution in [1.29, 1.82) is 0 Å². The highest BCUT2D eigenvalue weighted by Gasteiger charge is 2.39. The Morgan fingerprint density at radius 3 is 2.41 bits per heavy atom. The van der Waals surface area contributed by atoms with E-state index in [1.54, 1.807) is 26.2 Å². The molecule has 0 saturated carbocycles. The van der Waals surface area contributed by atoms with Crippen LogP contribution >= 0.6 is 11.8 Å². The van der Waals surface area contributed by atoms with E-state index in [0.717, 1.165) is 21.1 Å². The number of barbiturate groups is 1. The first-order valence-corrected chi connectivity index (χ1v) is 10.6. The zero-order valence-electron chi connectivity index (χ0n) is 17.4. The molecule has 2 heterocycles. The SMILES string of the molecule is COc1ccc(Sc2ccc(/C=C3/C(=O)NC(=O)N(C(C)c4ccccc4)C3=O)o2)cc1. The zero-order valence-corrected chi connectivity index (χ0v) is 18.2. The lowest BCUT2D eigenvalue weighted by Gasteiger charge is -2.31. The Labute approximate surface area is 189 Å². The molecule has 1 atom stereocenters. The molecule has 1 saturated heterocycles. The molecule has 1 fully saturated rings. The quantitative estimate of drug-likeness (QED) is 0.436. The van der Waals surface area contributed by atoms with E-state index in [4.69, 9.17) is 9.15 Å². The van der Waals surface area contributed by atoms with Gasteiger partial charge in [-0.05, 0) is 55.0 Å². The Kier molecular flexibility index (Phi) is 6.13. The lowest BCUT2D eigenvalue weighted by atomic mass is 10.0. The van der Waals surface area contributed by atoms with E-state index >= 15 is 0 Å². The monoisotopic (exact) mass is 448 g/mol. The first-order valence-electron chi connectivity index (χ1n) is 9.83. The average molecular weight is 449 g/mol. The predicted octanol–water partition coefficient (Wildman–Crippen LogP) is 4.66. The van der Waals surface area contributed by atoms with Gasteiger partial charge in [0.05, 0.1) is 13.2 Å². The maximum Gasteiger partial charge on any atom is 0.331 e. The summed E-state index contributed by atoms with van der Waals surface area (Å²) in [6.45, 7) is 1.73. The second-order valence-electron chi connectivity index (χ2n) is 7.01. The number of benzene rings is 2. The largest absolute Gasteiger partial charge is 0.497 e. The van der Waals surface area contributed by atoms with Gasteiger partial charge in [0.2, 0.25) is 0 Å². The summed E-state index contributed by atoms with van der Waals surface area (Å²) in [7, 11) is 1.60. The Morgan fingerprint density at radius 1 is 1.00 bits per heavy atom. The lowest BCUT2D eigenvalue weighted by Crippen LogP contribution is -2.54. The molecule has 1 unspecified atom stereocenters. The molecule has 4 rings (SSSR count). The van der Waals surface area contributed by atoms with Crippen molar-refractivity contribution in [2.45, 2.75) is 23.0 Å². The molecule has 2 aromatic carbocycles. The smallest absolute Gasteiger partial charge is 0.331 e. The fourth-order valence-corrected chi connectivity index (χ4v) is 4.05. The van der Waals surface area contributed by atoms with Crippen molar-refractivity contribution in [1.82, 2.24) is 10.2 Å². The number of rotatable bonds is 6. The molecule has 4 amide bonds. The van der Waals surface area contributed by atoms with Crippen LogP contribution in [0.1, 0.15) is 24.3 Å². The van der Waals surface area contributed by atoms with Gasteiger partial charge in [0, 0.05) is 4.90 Å². The number of amides is 4. The minimum absolute atomic E-state index is 0.164. The van der Waals surface area contributed by atoms with E-state index in [1.807, 2.05) is 54.6 Å². The molecular formula is C24H20N2O5S. The summed E-state index contributed by atoms with van der Waals surface area (Å²) in [6, 6.07) is 18.8. The van der Waals surface area contributed by atoms with Crippen LogP contribution in [-0.4, -0.2) is 29.9 Å². The van der Waals surface area contributed by atoms with Crippen LogP contribution in [-0.2, 0) is 9.59 Å². The van der Waals surface area contributed by atoms with E-state index in [1.165, 1.54) is 17.8 Å². The van der Waals surface area contributed by atoms with Crippen LogP contribution < -0.4 is 10.1 Å². The third kappa shape index (κ3) is 4.45. The van der Waals surface area contributed by atoms with Gasteiger partial charge in [0.25, 0.3) is 11.8 Å². The van der Waals surface area contributed by atoms with Crippen molar-refractivity contribution in [2.24, 2.45) is 0 Å². The van der Waals surface area contributed by atoms with Crippen molar-refractivity contribution < 1.29 is 23.5 Å². The summed E-state index contributed by atoms with van der Waals surface area (Å²) in [4.78, 5) is 39.8. The zero-order chi connectivity index (χ0) is 22.7. The van der Waals surface area contributed by atoms with E-state index in [2.05, 4.69) is 5.32 Å². The minimum atomic E-state index is -0.753. The number of carbonyl (C=O) groups excluding carboxylic acids is 3. The van der Waals surface area contributed by atoms with E-state index < -0.39 is 23.9 Å². The molecule has 0 bridgehead atoms. The molecule has 3 aromatic rings. The number of furan rings is 1. The highest BCUT2D eigenvalue weighted by molar-refractivity contribution is 7.99. The van der Waals surface area contributed by atoms with Crippen LogP contribution in [0.3, 0.4) is 0 Å². The summed E-state index contributed by atoms with van der Waals surface area (Å²) in [5.41, 5.74) is 0.614. The van der Waals surface area contributed by atoms with Crippen molar-refractivity contribution in [3.8, 4) is 5.75 Å². The molecule has 162 valence electrons. The Bertz CT molecular complexity index is 1180. The molecule has 1 N–H and O–H groups in total. The van der Waals surface area contributed by atoms with Gasteiger partial charge in [-0.15, -0.1) is 0 Å². The van der Waals surface area contributed by atoms with Crippen LogP contribution in [0.25, 0.3) is 6.08 Å². The number of hydrogen-bond donors (Lipinski definition) is 1. The van der Waals surface area contributed by atoms with Gasteiger partial charge in [-0.1, -0.05) is 42.1 Å². The second kappa shape index (κ2) is 9.15. The molecule has 7 nitrogen and oxygen atoms in total. The molecule has 0 radical (unpaired) electrons. The van der Waals surface area contributed by atoms with E-state index in [0.29, 0.717) is 10.9 Å². The predicted molar refractivity (Wildman–Crippen MR) is 119 cm³/mol. The fraction of sp³-hybridized carbons (Fsp3) is 0.125. The number of hydrogen-bond acceptors (Lipinski definition) is 6. The van der Waals surface area contributed by atoms with Gasteiger partial charge in [0.15, 0.2) is 5.09 Å². The Hall–Kier alpha value is -3.78. The van der Waals surface area contributed by atoms with Gasteiger partial charge in [0.1, 0.15) is 17.1 Å². The van der Waals surface area contributed by atoms with Gasteiger partial charge in [-0.2, -0.15) is 0 Å². The van der Waals surface area contributed by atoms with E-state index in [9.17, 15) is 14.4 Å². The number of ether oxygens (including phenoxy) is 1. The van der Waals surface area contributed by atoms with Gasteiger partial charge >= 0.3 is 6.03 Å². The van der Waals surface area contributed by atoms with Gasteiger partial charge < -0.3 is 9.15 Å². The van der Waals surface area contributed by atoms with E-state index in [-0.39, 0.29) is 5.57 Å². The van der Waals surface area contributed by atoms with Gasteiger partial charge in [-0.3, -0.25) is 19.8 Å². The number of urea groups is 1. The molecule has 8 heteroatoms. The summed E-state index contributed by atoms with van der Waals surface area (Å²) in [6.07, 6.45) is 1.35. The third-order valence-corrected chi connectivity index (χ3v) is 5.90. The number of carbonyl (C=O) groups is 3. The first kappa shape index (κ1) is 21.5. The average Bonchev–Trinajstić information content (AvgIpc) is 3.24. The highest BCUT2D eigenvalue weighted by Crippen LogP contribution is 2.31. The standard InChI is InChI=1S/C24H20N2O5S/c1-15(16-6-4-3-5-7-16)26-23(28)20(22(27)25-24(26)29)14-18-10-13-21(31-18)32-19-11-8-17(30-2)9-12-19/h3-15H,1-2H3,(H,25,27,29)/b20-14-. The number of imide groups is 2. The Balaban J connectivity index is 1.55. The van der Waals surface area contributed by atoms with Crippen molar-refractivity contribution in [2.75, 3.05) is 7.11 Å². The Morgan fingerprint density at radius 2 is 1.72 bits per heavy atom. The topological polar surface area (TPSA) is 88.9 Å². The molecule has 1 aliphatic rings. The second-order valence-corrected chi connectivity index (χ2v) is 8.09. The van der Waals surface area contributed by atoms with Crippen LogP contribution in [0.4, 0.5) is 4.79 Å².